The Hall–Kier alpha value is -1.64. The highest BCUT2D eigenvalue weighted by atomic mass is 19.1. The molecule has 1 aliphatic carbocycles. The predicted octanol–water partition coefficient (Wildman–Crippen LogP) is 3.23. The van der Waals surface area contributed by atoms with E-state index in [0.29, 0.717) is 17.7 Å². The number of halogens is 1. The SMILES string of the molecule is Cn1cc(CC2CCCC2=O)c2cccc(F)c21. The van der Waals surface area contributed by atoms with Gasteiger partial charge in [0, 0.05) is 31.0 Å². The molecule has 0 N–H and O–H groups in total. The maximum Gasteiger partial charge on any atom is 0.147 e. The second-order valence-electron chi connectivity index (χ2n) is 5.16. The number of aryl methyl sites for hydroxylation is 1. The number of benzene rings is 1. The molecule has 1 fully saturated rings. The Morgan fingerprint density at radius 3 is 3.00 bits per heavy atom. The van der Waals surface area contributed by atoms with E-state index in [1.165, 1.54) is 6.07 Å². The van der Waals surface area contributed by atoms with Crippen LogP contribution in [-0.4, -0.2) is 10.4 Å². The molecular weight excluding hydrogens is 229 g/mol. The number of rotatable bonds is 2. The van der Waals surface area contributed by atoms with Crippen molar-refractivity contribution in [1.29, 1.82) is 0 Å². The number of carbonyl (C=O) groups excluding carboxylic acids is 1. The number of Topliss-reactive ketones (excluding diaryl/α,β-unsaturated/α-hetero) is 1. The Bertz CT molecular complexity index is 614. The van der Waals surface area contributed by atoms with Gasteiger partial charge in [0.2, 0.25) is 0 Å². The molecule has 1 aromatic carbocycles. The van der Waals surface area contributed by atoms with Gasteiger partial charge in [0.05, 0.1) is 5.52 Å². The third-order valence-electron chi connectivity index (χ3n) is 3.93. The summed E-state index contributed by atoms with van der Waals surface area (Å²) in [6, 6.07) is 5.15. The van der Waals surface area contributed by atoms with Crippen molar-refractivity contribution < 1.29 is 9.18 Å². The van der Waals surface area contributed by atoms with E-state index in [2.05, 4.69) is 0 Å². The first-order chi connectivity index (χ1) is 8.66. The van der Waals surface area contributed by atoms with Gasteiger partial charge in [0.15, 0.2) is 0 Å². The molecule has 1 atom stereocenters. The molecule has 1 aliphatic rings. The lowest BCUT2D eigenvalue weighted by atomic mass is 9.97. The molecule has 2 aromatic rings. The third-order valence-corrected chi connectivity index (χ3v) is 3.93. The van der Waals surface area contributed by atoms with Crippen LogP contribution in [0.2, 0.25) is 0 Å². The van der Waals surface area contributed by atoms with Gasteiger partial charge in [-0.1, -0.05) is 12.1 Å². The van der Waals surface area contributed by atoms with E-state index in [9.17, 15) is 9.18 Å². The Kier molecular flexibility index (Phi) is 2.69. The third kappa shape index (κ3) is 1.74. The number of para-hydroxylation sites is 1. The normalized spacial score (nSPS) is 19.9. The molecule has 1 aromatic heterocycles. The van der Waals surface area contributed by atoms with Gasteiger partial charge in [-0.2, -0.15) is 0 Å². The minimum Gasteiger partial charge on any atom is -0.348 e. The first-order valence-electron chi connectivity index (χ1n) is 6.42. The van der Waals surface area contributed by atoms with Gasteiger partial charge in [-0.15, -0.1) is 0 Å². The van der Waals surface area contributed by atoms with Crippen molar-refractivity contribution in [3.63, 3.8) is 0 Å². The number of hydrogen-bond donors (Lipinski definition) is 0. The highest BCUT2D eigenvalue weighted by Gasteiger charge is 2.25. The van der Waals surface area contributed by atoms with Crippen molar-refractivity contribution >= 4 is 16.7 Å². The van der Waals surface area contributed by atoms with Crippen LogP contribution in [0.5, 0.6) is 0 Å². The van der Waals surface area contributed by atoms with Crippen LogP contribution in [0.4, 0.5) is 4.39 Å². The average Bonchev–Trinajstić information content (AvgIpc) is 2.87. The van der Waals surface area contributed by atoms with Crippen LogP contribution in [0.15, 0.2) is 24.4 Å². The van der Waals surface area contributed by atoms with E-state index in [4.69, 9.17) is 0 Å². The van der Waals surface area contributed by atoms with Gasteiger partial charge < -0.3 is 4.57 Å². The van der Waals surface area contributed by atoms with E-state index in [1.807, 2.05) is 23.9 Å². The lowest BCUT2D eigenvalue weighted by molar-refractivity contribution is -0.120. The smallest absolute Gasteiger partial charge is 0.147 e. The van der Waals surface area contributed by atoms with Crippen LogP contribution in [0, 0.1) is 11.7 Å². The van der Waals surface area contributed by atoms with Gasteiger partial charge in [-0.05, 0) is 30.9 Å². The van der Waals surface area contributed by atoms with Crippen molar-refractivity contribution in [2.24, 2.45) is 13.0 Å². The summed E-state index contributed by atoms with van der Waals surface area (Å²) in [6.07, 6.45) is 5.40. The molecule has 1 heterocycles. The number of fused-ring (bicyclic) bond motifs is 1. The maximum atomic E-state index is 13.8. The summed E-state index contributed by atoms with van der Waals surface area (Å²) in [7, 11) is 1.85. The van der Waals surface area contributed by atoms with Crippen LogP contribution in [0.1, 0.15) is 24.8 Å². The molecule has 0 bridgehead atoms. The van der Waals surface area contributed by atoms with Crippen molar-refractivity contribution in [3.8, 4) is 0 Å². The Labute approximate surface area is 105 Å². The number of aromatic nitrogens is 1. The zero-order valence-electron chi connectivity index (χ0n) is 10.4. The van der Waals surface area contributed by atoms with Crippen LogP contribution in [-0.2, 0) is 18.3 Å². The van der Waals surface area contributed by atoms with Gasteiger partial charge in [-0.25, -0.2) is 4.39 Å². The minimum absolute atomic E-state index is 0.138. The van der Waals surface area contributed by atoms with E-state index >= 15 is 0 Å². The number of ketones is 1. The summed E-state index contributed by atoms with van der Waals surface area (Å²) in [5.74, 6) is 0.307. The second-order valence-corrected chi connectivity index (χ2v) is 5.16. The van der Waals surface area contributed by atoms with Crippen LogP contribution >= 0.6 is 0 Å². The summed E-state index contributed by atoms with van der Waals surface area (Å²) >= 11 is 0. The first kappa shape index (κ1) is 11.5. The standard InChI is InChI=1S/C15H16FNO/c1-17-9-11(8-10-4-2-7-14(10)18)12-5-3-6-13(16)15(12)17/h3,5-6,9-10H,2,4,7-8H2,1H3. The molecule has 0 aliphatic heterocycles. The Balaban J connectivity index is 2.02. The number of nitrogens with zero attached hydrogens (tertiary/aromatic N) is 1. The largest absolute Gasteiger partial charge is 0.348 e. The van der Waals surface area contributed by atoms with E-state index < -0.39 is 0 Å². The molecule has 1 unspecified atom stereocenters. The zero-order chi connectivity index (χ0) is 12.7. The summed E-state index contributed by atoms with van der Waals surface area (Å²) < 4.78 is 15.6. The zero-order valence-corrected chi connectivity index (χ0v) is 10.4. The Morgan fingerprint density at radius 2 is 2.28 bits per heavy atom. The highest BCUT2D eigenvalue weighted by Crippen LogP contribution is 2.30. The molecular formula is C15H16FNO. The lowest BCUT2D eigenvalue weighted by Crippen LogP contribution is -2.09. The summed E-state index contributed by atoms with van der Waals surface area (Å²) in [5.41, 5.74) is 1.73. The van der Waals surface area contributed by atoms with Crippen LogP contribution in [0.3, 0.4) is 0 Å². The quantitative estimate of drug-likeness (QED) is 0.796. The van der Waals surface area contributed by atoms with Gasteiger partial charge in [-0.3, -0.25) is 4.79 Å². The van der Waals surface area contributed by atoms with Crippen molar-refractivity contribution in [1.82, 2.24) is 4.57 Å². The van der Waals surface area contributed by atoms with Crippen molar-refractivity contribution in [2.75, 3.05) is 0 Å². The van der Waals surface area contributed by atoms with E-state index in [1.54, 1.807) is 6.07 Å². The summed E-state index contributed by atoms with van der Waals surface area (Å²) in [5, 5.41) is 0.942. The molecule has 94 valence electrons. The monoisotopic (exact) mass is 245 g/mol. The molecule has 0 amide bonds. The molecule has 3 heteroatoms. The van der Waals surface area contributed by atoms with Gasteiger partial charge in [0.1, 0.15) is 11.6 Å². The fourth-order valence-electron chi connectivity index (χ4n) is 3.03. The molecule has 0 saturated heterocycles. The number of hydrogen-bond acceptors (Lipinski definition) is 1. The molecule has 0 radical (unpaired) electrons. The molecule has 18 heavy (non-hydrogen) atoms. The van der Waals surface area contributed by atoms with E-state index in [0.717, 1.165) is 30.2 Å². The lowest BCUT2D eigenvalue weighted by Gasteiger charge is -2.06. The van der Waals surface area contributed by atoms with Gasteiger partial charge >= 0.3 is 0 Å². The second kappa shape index (κ2) is 4.23. The minimum atomic E-state index is -0.195. The first-order valence-corrected chi connectivity index (χ1v) is 6.42. The summed E-state index contributed by atoms with van der Waals surface area (Å²) in [4.78, 5) is 11.7. The Morgan fingerprint density at radius 1 is 1.44 bits per heavy atom. The predicted molar refractivity (Wildman–Crippen MR) is 68.9 cm³/mol. The fourth-order valence-corrected chi connectivity index (χ4v) is 3.03. The van der Waals surface area contributed by atoms with Crippen LogP contribution in [0.25, 0.3) is 10.9 Å². The van der Waals surface area contributed by atoms with Crippen LogP contribution < -0.4 is 0 Å². The fraction of sp³-hybridized carbons (Fsp3) is 0.400. The molecule has 1 saturated carbocycles. The molecule has 2 nitrogen and oxygen atoms in total. The average molecular weight is 245 g/mol. The molecule has 0 spiro atoms. The topological polar surface area (TPSA) is 22.0 Å². The van der Waals surface area contributed by atoms with Crippen molar-refractivity contribution in [2.45, 2.75) is 25.7 Å². The summed E-state index contributed by atoms with van der Waals surface area (Å²) in [6.45, 7) is 0. The van der Waals surface area contributed by atoms with Gasteiger partial charge in [0.25, 0.3) is 0 Å². The molecule has 3 rings (SSSR count). The number of carbonyl (C=O) groups is 1. The van der Waals surface area contributed by atoms with Crippen molar-refractivity contribution in [3.05, 3.63) is 35.8 Å². The van der Waals surface area contributed by atoms with E-state index in [-0.39, 0.29) is 11.7 Å². The maximum absolute atomic E-state index is 13.8. The highest BCUT2D eigenvalue weighted by molar-refractivity contribution is 5.87.